The van der Waals surface area contributed by atoms with Gasteiger partial charge in [-0.3, -0.25) is 0 Å². The molecule has 0 atom stereocenters. The monoisotopic (exact) mass is 142 g/mol. The molecule has 0 amide bonds. The Balaban J connectivity index is 2.68. The number of hydrogen-bond acceptors (Lipinski definition) is 0. The van der Waals surface area contributed by atoms with Gasteiger partial charge in [-0.05, 0) is 0 Å². The summed E-state index contributed by atoms with van der Waals surface area (Å²) in [6.07, 6.45) is 0. The van der Waals surface area contributed by atoms with E-state index in [0.717, 1.165) is 5.54 Å². The van der Waals surface area contributed by atoms with Gasteiger partial charge in [-0.15, -0.1) is 0 Å². The summed E-state index contributed by atoms with van der Waals surface area (Å²) in [6, 6.07) is 0. The highest BCUT2D eigenvalue weighted by Gasteiger charge is 1.91. The molecule has 0 aromatic heterocycles. The van der Waals surface area contributed by atoms with Crippen LogP contribution in [-0.4, -0.2) is 26.6 Å². The van der Waals surface area contributed by atoms with Crippen molar-refractivity contribution in [1.29, 1.82) is 0 Å². The Hall–Kier alpha value is 0.651. The summed E-state index contributed by atoms with van der Waals surface area (Å²) >= 11 is 0. The summed E-state index contributed by atoms with van der Waals surface area (Å²) in [7, 11) is 3.67. The molecule has 0 aliphatic heterocycles. The molecule has 0 saturated heterocycles. The lowest BCUT2D eigenvalue weighted by Crippen LogP contribution is -2.11. The molecule has 6 radical (unpaired) electrons. The first kappa shape index (κ1) is 7.65. The molecule has 0 bridgehead atoms. The Morgan fingerprint density at radius 2 is 1.86 bits per heavy atom. The summed E-state index contributed by atoms with van der Waals surface area (Å²) in [5, 5.41) is 0. The van der Waals surface area contributed by atoms with Crippen molar-refractivity contribution < 1.29 is 0 Å². The van der Waals surface area contributed by atoms with Gasteiger partial charge < -0.3 is 0 Å². The average molecular weight is 142 g/mol. The molecule has 0 aromatic carbocycles. The van der Waals surface area contributed by atoms with E-state index in [1.807, 2.05) is 0 Å². The Kier molecular flexibility index (Phi) is 5.25. The van der Waals surface area contributed by atoms with E-state index in [-0.39, 0.29) is 0 Å². The van der Waals surface area contributed by atoms with Crippen LogP contribution in [0.5, 0.6) is 0 Å². The summed E-state index contributed by atoms with van der Waals surface area (Å²) in [5.74, 6) is 0. The van der Waals surface area contributed by atoms with Gasteiger partial charge in [0.05, 0.1) is 0 Å². The molecule has 0 nitrogen and oxygen atoms in total. The van der Waals surface area contributed by atoms with Crippen LogP contribution >= 0.6 is 0 Å². The third-order valence-corrected chi connectivity index (χ3v) is 7.92. The van der Waals surface area contributed by atoms with Crippen molar-refractivity contribution >= 4 is 26.6 Å². The van der Waals surface area contributed by atoms with Crippen molar-refractivity contribution in [2.24, 2.45) is 0 Å². The third-order valence-electron chi connectivity index (χ3n) is 0.486. The highest BCUT2D eigenvalue weighted by molar-refractivity contribution is 7.29. The molecule has 0 aliphatic carbocycles. The average Bonchev–Trinajstić information content (AvgIpc) is 1.61. The van der Waals surface area contributed by atoms with Crippen LogP contribution in [0.15, 0.2) is 0 Å². The topological polar surface area (TPSA) is 0 Å². The van der Waals surface area contributed by atoms with Crippen molar-refractivity contribution in [3.63, 3.8) is 0 Å². The smallest absolute Gasteiger partial charge is 0.0217 e. The van der Waals surface area contributed by atoms with Crippen molar-refractivity contribution in [3.05, 3.63) is 0 Å². The summed E-state index contributed by atoms with van der Waals surface area (Å²) in [5.41, 5.74) is 0.950. The second-order valence-corrected chi connectivity index (χ2v) is 9.23. The van der Waals surface area contributed by atoms with Gasteiger partial charge in [0, 0.05) is 26.6 Å². The van der Waals surface area contributed by atoms with Crippen LogP contribution in [0.2, 0.25) is 12.1 Å². The van der Waals surface area contributed by atoms with Gasteiger partial charge in [-0.25, -0.2) is 0 Å². The zero-order chi connectivity index (χ0) is 5.70. The maximum atomic E-state index is 2.30. The molecule has 0 unspecified atom stereocenters. The van der Waals surface area contributed by atoms with Crippen LogP contribution in [0, 0.1) is 0 Å². The minimum atomic E-state index is 0.950. The highest BCUT2D eigenvalue weighted by atomic mass is 29.5. The van der Waals surface area contributed by atoms with Gasteiger partial charge in [0.1, 0.15) is 0 Å². The van der Waals surface area contributed by atoms with Crippen molar-refractivity contribution in [2.75, 3.05) is 0 Å². The predicted molar refractivity (Wildman–Crippen MR) is 38.2 cm³/mol. The SMILES string of the molecule is C[Si][Si][Si]C(C)C. The molecule has 0 aliphatic rings. The molecule has 0 spiro atoms. The lowest BCUT2D eigenvalue weighted by Gasteiger charge is -1.96. The Morgan fingerprint density at radius 1 is 1.29 bits per heavy atom. The first-order valence-electron chi connectivity index (χ1n) is 2.44. The fraction of sp³-hybridized carbons (Fsp3) is 1.00. The second-order valence-electron chi connectivity index (χ2n) is 1.67. The van der Waals surface area contributed by atoms with E-state index in [9.17, 15) is 0 Å². The van der Waals surface area contributed by atoms with Crippen molar-refractivity contribution in [3.8, 4) is 0 Å². The van der Waals surface area contributed by atoms with Crippen LogP contribution in [0.4, 0.5) is 0 Å². The van der Waals surface area contributed by atoms with E-state index in [2.05, 4.69) is 20.4 Å². The minimum absolute atomic E-state index is 0.950. The zero-order valence-electron chi connectivity index (χ0n) is 5.08. The van der Waals surface area contributed by atoms with Crippen LogP contribution in [0.1, 0.15) is 13.8 Å². The Bertz CT molecular complexity index is 35.9. The van der Waals surface area contributed by atoms with E-state index in [4.69, 9.17) is 0 Å². The molecule has 0 rings (SSSR count). The van der Waals surface area contributed by atoms with Crippen LogP contribution in [-0.2, 0) is 0 Å². The normalized spacial score (nSPS) is 10.3. The number of hydrogen-bond donors (Lipinski definition) is 0. The fourth-order valence-corrected chi connectivity index (χ4v) is 5.85. The summed E-state index contributed by atoms with van der Waals surface area (Å²) < 4.78 is 0. The van der Waals surface area contributed by atoms with Gasteiger partial charge >= 0.3 is 0 Å². The van der Waals surface area contributed by atoms with Crippen molar-refractivity contribution in [1.82, 2.24) is 0 Å². The predicted octanol–water partition coefficient (Wildman–Crippen LogP) is 0.805. The minimum Gasteiger partial charge on any atom is -0.0761 e. The maximum Gasteiger partial charge on any atom is 0.0217 e. The lowest BCUT2D eigenvalue weighted by molar-refractivity contribution is 1.07. The van der Waals surface area contributed by atoms with Crippen LogP contribution < -0.4 is 0 Å². The first-order valence-corrected chi connectivity index (χ1v) is 8.02. The van der Waals surface area contributed by atoms with Crippen molar-refractivity contribution in [2.45, 2.75) is 25.9 Å². The van der Waals surface area contributed by atoms with Gasteiger partial charge in [-0.2, -0.15) is 0 Å². The van der Waals surface area contributed by atoms with Gasteiger partial charge in [0.25, 0.3) is 0 Å². The molecule has 38 valence electrons. The van der Waals surface area contributed by atoms with Crippen LogP contribution in [0.3, 0.4) is 0 Å². The molecule has 0 fully saturated rings. The molecule has 0 heterocycles. The zero-order valence-corrected chi connectivity index (χ0v) is 8.08. The van der Waals surface area contributed by atoms with Gasteiger partial charge in [0.15, 0.2) is 0 Å². The second kappa shape index (κ2) is 4.80. The maximum absolute atomic E-state index is 2.30. The molecular formula is C4H10Si3. The molecule has 0 saturated carbocycles. The fourth-order valence-electron chi connectivity index (χ4n) is 0.217. The Labute approximate surface area is 53.1 Å². The quantitative estimate of drug-likeness (QED) is 0.512. The molecule has 7 heavy (non-hydrogen) atoms. The van der Waals surface area contributed by atoms with E-state index in [1.54, 1.807) is 0 Å². The Morgan fingerprint density at radius 3 is 2.00 bits per heavy atom. The first-order chi connectivity index (χ1) is 3.27. The standard InChI is InChI=1S/C4H10Si3/c1-4(2)6-7-5-3/h4H,1-3H3. The lowest BCUT2D eigenvalue weighted by atomic mass is 10.6. The molecular weight excluding hydrogens is 132 g/mol. The van der Waals surface area contributed by atoms with E-state index < -0.39 is 0 Å². The molecule has 3 heteroatoms. The largest absolute Gasteiger partial charge is 0.0761 e. The van der Waals surface area contributed by atoms with E-state index in [1.165, 1.54) is 26.6 Å². The molecule has 0 aromatic rings. The van der Waals surface area contributed by atoms with E-state index in [0.29, 0.717) is 0 Å². The third kappa shape index (κ3) is 6.65. The molecule has 0 N–H and O–H groups in total. The summed E-state index contributed by atoms with van der Waals surface area (Å²) in [6.45, 7) is 6.88. The number of rotatable bonds is 3. The highest BCUT2D eigenvalue weighted by Crippen LogP contribution is 1.92. The summed E-state index contributed by atoms with van der Waals surface area (Å²) in [4.78, 5) is 0. The van der Waals surface area contributed by atoms with Gasteiger partial charge in [-0.1, -0.05) is 25.9 Å². The van der Waals surface area contributed by atoms with E-state index >= 15 is 0 Å². The van der Waals surface area contributed by atoms with Gasteiger partial charge in [0.2, 0.25) is 0 Å². The van der Waals surface area contributed by atoms with Crippen LogP contribution in [0.25, 0.3) is 0 Å².